The molecule has 0 radical (unpaired) electrons. The Morgan fingerprint density at radius 1 is 0.493 bits per heavy atom. The number of unbranched alkanes of at least 4 members (excludes halogenated alkanes) is 41. The third kappa shape index (κ3) is 56.5. The van der Waals surface area contributed by atoms with Gasteiger partial charge in [0.05, 0.1) is 39.9 Å². The van der Waals surface area contributed by atoms with Crippen LogP contribution < -0.4 is 10.2 Å². The smallest absolute Gasteiger partial charge is 0.268 e. The number of quaternary nitrogens is 1. The zero-order valence-corrected chi connectivity index (χ0v) is 49.1. The maximum Gasteiger partial charge on any atom is 0.268 e. The van der Waals surface area contributed by atoms with E-state index in [4.69, 9.17) is 9.05 Å². The highest BCUT2D eigenvalue weighted by Gasteiger charge is 2.24. The monoisotopic (exact) mass is 1020 g/mol. The van der Waals surface area contributed by atoms with Crippen LogP contribution in [0.25, 0.3) is 0 Å². The summed E-state index contributed by atoms with van der Waals surface area (Å²) in [4.78, 5) is 25.5. The SMILES string of the molecule is CCCCCCCCCCC/C=C\C/C=C\CCCCCCCCCCCCCCCCCCCC(=O)NC(COP(=O)([O-])OCC[N+](C)(C)C)C(O)CCCCCCCCCCCCCCCCCC. The number of carbonyl (C=O) groups excluding carboxylic acids is 1. The molecule has 422 valence electrons. The molecule has 3 unspecified atom stereocenters. The van der Waals surface area contributed by atoms with E-state index in [1.54, 1.807) is 0 Å². The number of hydrogen-bond donors (Lipinski definition) is 2. The number of nitrogens with zero attached hydrogens (tertiary/aromatic N) is 1. The fourth-order valence-corrected chi connectivity index (χ4v) is 10.3. The van der Waals surface area contributed by atoms with Crippen molar-refractivity contribution in [3.05, 3.63) is 24.3 Å². The molecule has 3 atom stereocenters. The molecule has 1 amide bonds. The summed E-state index contributed by atoms with van der Waals surface area (Å²) in [7, 11) is 1.32. The van der Waals surface area contributed by atoms with Gasteiger partial charge in [0.2, 0.25) is 5.91 Å². The van der Waals surface area contributed by atoms with Gasteiger partial charge >= 0.3 is 0 Å². The molecule has 0 saturated carbocycles. The van der Waals surface area contributed by atoms with Crippen molar-refractivity contribution in [2.45, 2.75) is 328 Å². The van der Waals surface area contributed by atoms with Gasteiger partial charge in [-0.2, -0.15) is 0 Å². The molecule has 0 fully saturated rings. The molecule has 0 aliphatic carbocycles. The molecule has 0 aromatic heterocycles. The molecule has 0 aliphatic rings. The van der Waals surface area contributed by atoms with E-state index < -0.39 is 20.0 Å². The van der Waals surface area contributed by atoms with Crippen LogP contribution in [0.15, 0.2) is 24.3 Å². The van der Waals surface area contributed by atoms with Crippen molar-refractivity contribution in [1.82, 2.24) is 5.32 Å². The third-order valence-corrected chi connectivity index (χ3v) is 15.4. The second kappa shape index (κ2) is 53.8. The summed E-state index contributed by atoms with van der Waals surface area (Å²) >= 11 is 0. The first-order valence-electron chi connectivity index (χ1n) is 31.2. The molecule has 71 heavy (non-hydrogen) atoms. The Balaban J connectivity index is 3.99. The number of aliphatic hydroxyl groups is 1. The fourth-order valence-electron chi connectivity index (χ4n) is 9.54. The van der Waals surface area contributed by atoms with E-state index in [9.17, 15) is 19.4 Å². The molecule has 0 aromatic rings. The topological polar surface area (TPSA) is 108 Å². The van der Waals surface area contributed by atoms with Gasteiger partial charge in [-0.25, -0.2) is 0 Å². The highest BCUT2D eigenvalue weighted by Crippen LogP contribution is 2.38. The van der Waals surface area contributed by atoms with Gasteiger partial charge in [-0.15, -0.1) is 0 Å². The summed E-state index contributed by atoms with van der Waals surface area (Å²) in [6.07, 6.45) is 68.0. The normalized spacial score (nSPS) is 14.0. The van der Waals surface area contributed by atoms with Crippen LogP contribution in [-0.2, 0) is 18.4 Å². The predicted molar refractivity (Wildman–Crippen MR) is 307 cm³/mol. The highest BCUT2D eigenvalue weighted by molar-refractivity contribution is 7.45. The lowest BCUT2D eigenvalue weighted by Gasteiger charge is -2.30. The molecular formula is C62H123N2O6P. The van der Waals surface area contributed by atoms with Gasteiger partial charge < -0.3 is 28.8 Å². The van der Waals surface area contributed by atoms with Crippen LogP contribution in [0, 0.1) is 0 Å². The van der Waals surface area contributed by atoms with Gasteiger partial charge in [0.15, 0.2) is 0 Å². The Bertz CT molecular complexity index is 1210. The van der Waals surface area contributed by atoms with Crippen molar-refractivity contribution >= 4 is 13.7 Å². The number of likely N-dealkylation sites (N-methyl/N-ethyl adjacent to an activating group) is 1. The Kier molecular flexibility index (Phi) is 53.0. The average molecular weight is 1020 g/mol. The zero-order chi connectivity index (χ0) is 52.0. The van der Waals surface area contributed by atoms with E-state index in [0.717, 1.165) is 44.9 Å². The van der Waals surface area contributed by atoms with Crippen molar-refractivity contribution in [3.63, 3.8) is 0 Å². The summed E-state index contributed by atoms with van der Waals surface area (Å²) in [5, 5.41) is 14.0. The van der Waals surface area contributed by atoms with Gasteiger partial charge in [-0.1, -0.05) is 289 Å². The summed E-state index contributed by atoms with van der Waals surface area (Å²) in [5.74, 6) is -0.159. The van der Waals surface area contributed by atoms with Crippen LogP contribution >= 0.6 is 7.82 Å². The maximum atomic E-state index is 13.0. The number of aliphatic hydroxyl groups excluding tert-OH is 1. The second-order valence-electron chi connectivity index (χ2n) is 22.8. The number of nitrogens with one attached hydrogen (secondary N) is 1. The molecule has 0 saturated heterocycles. The average Bonchev–Trinajstić information content (AvgIpc) is 3.33. The molecule has 0 spiro atoms. The van der Waals surface area contributed by atoms with Gasteiger partial charge in [0.1, 0.15) is 13.2 Å². The van der Waals surface area contributed by atoms with E-state index in [1.165, 1.54) is 244 Å². The quantitative estimate of drug-likeness (QED) is 0.0272. The summed E-state index contributed by atoms with van der Waals surface area (Å²) in [5.41, 5.74) is 0. The minimum Gasteiger partial charge on any atom is -0.756 e. The van der Waals surface area contributed by atoms with E-state index in [0.29, 0.717) is 23.9 Å². The zero-order valence-electron chi connectivity index (χ0n) is 48.2. The van der Waals surface area contributed by atoms with Gasteiger partial charge in [-0.3, -0.25) is 9.36 Å². The van der Waals surface area contributed by atoms with Gasteiger partial charge in [-0.05, 0) is 44.9 Å². The lowest BCUT2D eigenvalue weighted by atomic mass is 10.0. The van der Waals surface area contributed by atoms with Crippen molar-refractivity contribution in [2.24, 2.45) is 0 Å². The molecule has 9 heteroatoms. The molecule has 0 bridgehead atoms. The first-order valence-corrected chi connectivity index (χ1v) is 32.6. The first-order chi connectivity index (χ1) is 34.5. The highest BCUT2D eigenvalue weighted by atomic mass is 31.2. The van der Waals surface area contributed by atoms with Gasteiger partial charge in [0.25, 0.3) is 7.82 Å². The number of hydrogen-bond acceptors (Lipinski definition) is 6. The minimum absolute atomic E-state index is 0.0144. The second-order valence-corrected chi connectivity index (χ2v) is 24.2. The number of allylic oxidation sites excluding steroid dienone is 4. The van der Waals surface area contributed by atoms with Crippen LogP contribution in [0.4, 0.5) is 0 Å². The Labute approximate surface area is 443 Å². The van der Waals surface area contributed by atoms with E-state index in [1.807, 2.05) is 21.1 Å². The first kappa shape index (κ1) is 70.0. The Morgan fingerprint density at radius 2 is 0.817 bits per heavy atom. The number of carbonyl (C=O) groups is 1. The number of phosphoric acid groups is 1. The summed E-state index contributed by atoms with van der Waals surface area (Å²) < 4.78 is 23.4. The Morgan fingerprint density at radius 3 is 1.17 bits per heavy atom. The van der Waals surface area contributed by atoms with Crippen molar-refractivity contribution in [1.29, 1.82) is 0 Å². The van der Waals surface area contributed by atoms with Crippen LogP contribution in [0.5, 0.6) is 0 Å². The van der Waals surface area contributed by atoms with Crippen LogP contribution in [0.1, 0.15) is 316 Å². The predicted octanol–water partition coefficient (Wildman–Crippen LogP) is 18.5. The minimum atomic E-state index is -4.57. The van der Waals surface area contributed by atoms with Crippen molar-refractivity contribution in [2.75, 3.05) is 40.9 Å². The standard InChI is InChI=1S/C62H123N2O6P/c1-6-8-10-12-14-16-18-20-22-24-25-26-27-28-29-30-31-32-33-34-35-36-37-38-39-40-42-44-46-48-50-52-54-56-62(66)63-60(59-70-71(67,68)69-58-57-64(3,4)5)61(65)55-53-51-49-47-45-43-41-23-21-19-17-15-13-11-9-7-2/h25-26,28-29,60-61,65H,6-24,27,30-59H2,1-5H3,(H-,63,66,67,68)/b26-25-,29-28-. The van der Waals surface area contributed by atoms with Crippen LogP contribution in [0.3, 0.4) is 0 Å². The number of phosphoric ester groups is 1. The largest absolute Gasteiger partial charge is 0.756 e. The molecule has 0 heterocycles. The Hall–Kier alpha value is -1.02. The fraction of sp³-hybridized carbons (Fsp3) is 0.919. The third-order valence-electron chi connectivity index (χ3n) is 14.4. The lowest BCUT2D eigenvalue weighted by Crippen LogP contribution is -2.46. The van der Waals surface area contributed by atoms with E-state index in [2.05, 4.69) is 43.5 Å². The van der Waals surface area contributed by atoms with E-state index >= 15 is 0 Å². The maximum absolute atomic E-state index is 13.0. The summed E-state index contributed by atoms with van der Waals surface area (Å²) in [6.45, 7) is 4.76. The van der Waals surface area contributed by atoms with Gasteiger partial charge in [0, 0.05) is 6.42 Å². The molecular weight excluding hydrogens is 900 g/mol. The molecule has 0 aromatic carbocycles. The van der Waals surface area contributed by atoms with Crippen molar-refractivity contribution < 1.29 is 32.9 Å². The number of rotatable bonds is 58. The number of amides is 1. The molecule has 2 N–H and O–H groups in total. The molecule has 8 nitrogen and oxygen atoms in total. The summed E-state index contributed by atoms with van der Waals surface area (Å²) in [6, 6.07) is -0.798. The molecule has 0 aliphatic heterocycles. The van der Waals surface area contributed by atoms with E-state index in [-0.39, 0.29) is 19.1 Å². The van der Waals surface area contributed by atoms with Crippen LogP contribution in [-0.4, -0.2) is 68.5 Å². The van der Waals surface area contributed by atoms with Crippen molar-refractivity contribution in [3.8, 4) is 0 Å². The van der Waals surface area contributed by atoms with Crippen LogP contribution in [0.2, 0.25) is 0 Å². The lowest BCUT2D eigenvalue weighted by molar-refractivity contribution is -0.870. The molecule has 0 rings (SSSR count).